The predicted octanol–water partition coefficient (Wildman–Crippen LogP) is 3.69. The van der Waals surface area contributed by atoms with Gasteiger partial charge in [-0.05, 0) is 42.8 Å². The molecule has 0 saturated heterocycles. The van der Waals surface area contributed by atoms with Crippen LogP contribution in [0, 0.1) is 12.7 Å². The summed E-state index contributed by atoms with van der Waals surface area (Å²) >= 11 is 1.03. The van der Waals surface area contributed by atoms with E-state index in [4.69, 9.17) is 9.84 Å². The fourth-order valence-electron chi connectivity index (χ4n) is 1.33. The molecule has 1 aromatic heterocycles. The highest BCUT2D eigenvalue weighted by Crippen LogP contribution is 2.31. The maximum Gasteiger partial charge on any atom is 0.345 e. The number of aromatic carboxylic acids is 1. The molecule has 3 nitrogen and oxygen atoms in total. The van der Waals surface area contributed by atoms with E-state index in [1.165, 1.54) is 24.3 Å². The molecule has 1 N–H and O–H groups in total. The number of rotatable bonds is 3. The molecule has 1 aromatic carbocycles. The Hall–Kier alpha value is -1.88. The van der Waals surface area contributed by atoms with Crippen molar-refractivity contribution in [1.29, 1.82) is 0 Å². The van der Waals surface area contributed by atoms with E-state index < -0.39 is 5.97 Å². The van der Waals surface area contributed by atoms with E-state index in [1.807, 2.05) is 0 Å². The molecule has 0 unspecified atom stereocenters. The number of hydrogen-bond acceptors (Lipinski definition) is 3. The first-order chi connectivity index (χ1) is 8.06. The molecule has 0 spiro atoms. The first-order valence-corrected chi connectivity index (χ1v) is 5.65. The SMILES string of the molecule is Cc1cc(F)ccc1Oc1ccc(C(=O)O)s1. The molecule has 0 bridgehead atoms. The summed E-state index contributed by atoms with van der Waals surface area (Å²) in [5.74, 6) is -0.793. The Balaban J connectivity index is 2.22. The highest BCUT2D eigenvalue weighted by Gasteiger charge is 2.09. The Morgan fingerprint density at radius 2 is 2.12 bits per heavy atom. The van der Waals surface area contributed by atoms with Crippen molar-refractivity contribution in [3.05, 3.63) is 46.6 Å². The largest absolute Gasteiger partial charge is 0.477 e. The van der Waals surface area contributed by atoms with Crippen LogP contribution in [-0.4, -0.2) is 11.1 Å². The molecule has 0 amide bonds. The second kappa shape index (κ2) is 4.55. The zero-order valence-corrected chi connectivity index (χ0v) is 9.75. The molecule has 5 heteroatoms. The average Bonchev–Trinajstić information content (AvgIpc) is 2.71. The second-order valence-electron chi connectivity index (χ2n) is 3.44. The van der Waals surface area contributed by atoms with Gasteiger partial charge in [0.1, 0.15) is 16.4 Å². The minimum Gasteiger partial charge on any atom is -0.477 e. The number of carboxylic acids is 1. The van der Waals surface area contributed by atoms with Crippen molar-refractivity contribution in [3.63, 3.8) is 0 Å². The van der Waals surface area contributed by atoms with Gasteiger partial charge in [0.15, 0.2) is 5.06 Å². The standard InChI is InChI=1S/C12H9FO3S/c1-7-6-8(13)2-3-9(7)16-11-5-4-10(17-11)12(14)15/h2-6H,1H3,(H,14,15). The number of carbonyl (C=O) groups is 1. The lowest BCUT2D eigenvalue weighted by Crippen LogP contribution is -1.89. The smallest absolute Gasteiger partial charge is 0.345 e. The van der Waals surface area contributed by atoms with E-state index in [0.717, 1.165) is 11.3 Å². The normalized spacial score (nSPS) is 10.2. The quantitative estimate of drug-likeness (QED) is 0.906. The van der Waals surface area contributed by atoms with Crippen LogP contribution in [0.2, 0.25) is 0 Å². The van der Waals surface area contributed by atoms with Gasteiger partial charge < -0.3 is 9.84 Å². The van der Waals surface area contributed by atoms with E-state index in [2.05, 4.69) is 0 Å². The molecule has 2 aromatic rings. The van der Waals surface area contributed by atoms with Crippen molar-refractivity contribution < 1.29 is 19.0 Å². The molecule has 0 aliphatic rings. The number of carboxylic acid groups (broad SMARTS) is 1. The molecule has 0 fully saturated rings. The van der Waals surface area contributed by atoms with Crippen molar-refractivity contribution in [1.82, 2.24) is 0 Å². The van der Waals surface area contributed by atoms with E-state index in [0.29, 0.717) is 16.4 Å². The molecule has 0 saturated carbocycles. The third-order valence-corrected chi connectivity index (χ3v) is 3.09. The monoisotopic (exact) mass is 252 g/mol. The van der Waals surface area contributed by atoms with Crippen LogP contribution in [0.1, 0.15) is 15.2 Å². The first-order valence-electron chi connectivity index (χ1n) is 4.83. The van der Waals surface area contributed by atoms with E-state index in [9.17, 15) is 9.18 Å². The minimum atomic E-state index is -0.985. The van der Waals surface area contributed by atoms with Crippen LogP contribution >= 0.6 is 11.3 Å². The van der Waals surface area contributed by atoms with Crippen LogP contribution in [0.25, 0.3) is 0 Å². The number of benzene rings is 1. The average molecular weight is 252 g/mol. The number of hydrogen-bond donors (Lipinski definition) is 1. The third kappa shape index (κ3) is 2.62. The molecule has 17 heavy (non-hydrogen) atoms. The van der Waals surface area contributed by atoms with E-state index in [1.54, 1.807) is 13.0 Å². The van der Waals surface area contributed by atoms with Crippen molar-refractivity contribution in [2.45, 2.75) is 6.92 Å². The molecule has 2 rings (SSSR count). The lowest BCUT2D eigenvalue weighted by atomic mass is 10.2. The topological polar surface area (TPSA) is 46.5 Å². The van der Waals surface area contributed by atoms with Gasteiger partial charge in [0.2, 0.25) is 0 Å². The fourth-order valence-corrected chi connectivity index (χ4v) is 2.03. The number of aryl methyl sites for hydroxylation is 1. The molecule has 88 valence electrons. The van der Waals surface area contributed by atoms with Crippen LogP contribution in [0.4, 0.5) is 4.39 Å². The van der Waals surface area contributed by atoms with Gasteiger partial charge >= 0.3 is 5.97 Å². The molecule has 0 aliphatic heterocycles. The molecule has 1 heterocycles. The zero-order valence-electron chi connectivity index (χ0n) is 8.94. The maximum absolute atomic E-state index is 12.9. The van der Waals surface area contributed by atoms with Crippen LogP contribution < -0.4 is 4.74 Å². The summed E-state index contributed by atoms with van der Waals surface area (Å²) in [4.78, 5) is 10.9. The van der Waals surface area contributed by atoms with E-state index >= 15 is 0 Å². The maximum atomic E-state index is 12.9. The van der Waals surface area contributed by atoms with E-state index in [-0.39, 0.29) is 10.7 Å². The Morgan fingerprint density at radius 3 is 2.71 bits per heavy atom. The number of halogens is 1. The summed E-state index contributed by atoms with van der Waals surface area (Å²) in [7, 11) is 0. The highest BCUT2D eigenvalue weighted by atomic mass is 32.1. The molecule has 0 atom stereocenters. The van der Waals surface area contributed by atoms with Crippen LogP contribution in [-0.2, 0) is 0 Å². The Kier molecular flexibility index (Phi) is 3.10. The Bertz CT molecular complexity index is 563. The van der Waals surface area contributed by atoms with Crippen molar-refractivity contribution >= 4 is 17.3 Å². The Labute approximate surface area is 101 Å². The van der Waals surface area contributed by atoms with Gasteiger partial charge in [-0.25, -0.2) is 9.18 Å². The molecular weight excluding hydrogens is 243 g/mol. The summed E-state index contributed by atoms with van der Waals surface area (Å²) in [5.41, 5.74) is 0.662. The van der Waals surface area contributed by atoms with Gasteiger partial charge in [0.25, 0.3) is 0 Å². The van der Waals surface area contributed by atoms with Gasteiger partial charge in [-0.1, -0.05) is 11.3 Å². The van der Waals surface area contributed by atoms with Gasteiger partial charge in [0, 0.05) is 0 Å². The van der Waals surface area contributed by atoms with Crippen LogP contribution in [0.15, 0.2) is 30.3 Å². The second-order valence-corrected chi connectivity index (χ2v) is 4.48. The minimum absolute atomic E-state index is 0.208. The van der Waals surface area contributed by atoms with Gasteiger partial charge in [-0.2, -0.15) is 0 Å². The Morgan fingerprint density at radius 1 is 1.35 bits per heavy atom. The number of thiophene rings is 1. The van der Waals surface area contributed by atoms with Crippen LogP contribution in [0.3, 0.4) is 0 Å². The van der Waals surface area contributed by atoms with Gasteiger partial charge in [-0.15, -0.1) is 0 Å². The highest BCUT2D eigenvalue weighted by molar-refractivity contribution is 7.15. The summed E-state index contributed by atoms with van der Waals surface area (Å²) < 4.78 is 18.3. The van der Waals surface area contributed by atoms with Crippen molar-refractivity contribution in [2.75, 3.05) is 0 Å². The van der Waals surface area contributed by atoms with Crippen molar-refractivity contribution in [2.24, 2.45) is 0 Å². The number of ether oxygens (including phenoxy) is 1. The summed E-state index contributed by atoms with van der Waals surface area (Å²) in [6.07, 6.45) is 0. The van der Waals surface area contributed by atoms with Crippen molar-refractivity contribution in [3.8, 4) is 10.8 Å². The fraction of sp³-hybridized carbons (Fsp3) is 0.0833. The first kappa shape index (κ1) is 11.6. The lowest BCUT2D eigenvalue weighted by molar-refractivity contribution is 0.0702. The van der Waals surface area contributed by atoms with Crippen LogP contribution in [0.5, 0.6) is 10.8 Å². The predicted molar refractivity (Wildman–Crippen MR) is 62.5 cm³/mol. The lowest BCUT2D eigenvalue weighted by Gasteiger charge is -2.05. The molecule has 0 aliphatic carbocycles. The summed E-state index contributed by atoms with van der Waals surface area (Å²) in [6.45, 7) is 1.73. The molecular formula is C12H9FO3S. The van der Waals surface area contributed by atoms with Gasteiger partial charge in [-0.3, -0.25) is 0 Å². The summed E-state index contributed by atoms with van der Waals surface area (Å²) in [5, 5.41) is 9.23. The molecule has 0 radical (unpaired) electrons. The summed E-state index contributed by atoms with van der Waals surface area (Å²) in [6, 6.07) is 7.23. The third-order valence-electron chi connectivity index (χ3n) is 2.14. The zero-order chi connectivity index (χ0) is 12.4. The van der Waals surface area contributed by atoms with Gasteiger partial charge in [0.05, 0.1) is 0 Å².